The summed E-state index contributed by atoms with van der Waals surface area (Å²) in [6.07, 6.45) is 2.07. The summed E-state index contributed by atoms with van der Waals surface area (Å²) in [6, 6.07) is -0.0385. The molecule has 2 amide bonds. The Balaban J connectivity index is 1.79. The predicted octanol–water partition coefficient (Wildman–Crippen LogP) is 2.33. The third-order valence-electron chi connectivity index (χ3n) is 4.99. The molecule has 3 atom stereocenters. The number of ether oxygens (including phenoxy) is 1. The van der Waals surface area contributed by atoms with Crippen molar-refractivity contribution in [2.24, 2.45) is 18.9 Å². The minimum Gasteiger partial charge on any atom is -0.378 e. The number of carbonyl (C=O) groups is 1. The highest BCUT2D eigenvalue weighted by Crippen LogP contribution is 2.26. The molecule has 2 heterocycles. The number of aryl methyl sites for hydroxylation is 2. The van der Waals surface area contributed by atoms with Crippen molar-refractivity contribution in [2.75, 3.05) is 13.2 Å². The standard InChI is InChI=1S/C18H32N4O2/c1-11(2)17-15(7-8-24-17)10-19-18(23)20-12(3)9-16-13(4)21-22(6)14(16)5/h11-12,15,17H,7-10H2,1-6H3,(H2,19,20,23)/t12-,15+,17-/m1/s1. The van der Waals surface area contributed by atoms with Gasteiger partial charge in [0, 0.05) is 37.9 Å². The molecule has 24 heavy (non-hydrogen) atoms. The second-order valence-electron chi connectivity index (χ2n) is 7.36. The zero-order valence-electron chi connectivity index (χ0n) is 15.8. The van der Waals surface area contributed by atoms with E-state index in [-0.39, 0.29) is 18.2 Å². The Bertz CT molecular complexity index is 568. The van der Waals surface area contributed by atoms with E-state index in [9.17, 15) is 4.79 Å². The molecule has 0 saturated carbocycles. The van der Waals surface area contributed by atoms with Gasteiger partial charge in [-0.2, -0.15) is 5.10 Å². The summed E-state index contributed by atoms with van der Waals surface area (Å²) in [5.74, 6) is 0.895. The summed E-state index contributed by atoms with van der Waals surface area (Å²) in [6.45, 7) is 11.9. The van der Waals surface area contributed by atoms with Crippen LogP contribution in [0.15, 0.2) is 0 Å². The van der Waals surface area contributed by atoms with Gasteiger partial charge in [0.05, 0.1) is 11.8 Å². The SMILES string of the molecule is Cc1nn(C)c(C)c1C[C@@H](C)NC(=O)NC[C@@H]1CCO[C@@H]1C(C)C. The Morgan fingerprint density at radius 2 is 2.08 bits per heavy atom. The van der Waals surface area contributed by atoms with E-state index in [4.69, 9.17) is 4.74 Å². The van der Waals surface area contributed by atoms with Crippen LogP contribution in [-0.4, -0.2) is 41.1 Å². The summed E-state index contributed by atoms with van der Waals surface area (Å²) in [5, 5.41) is 10.5. The lowest BCUT2D eigenvalue weighted by molar-refractivity contribution is 0.0545. The van der Waals surface area contributed by atoms with Crippen LogP contribution in [-0.2, 0) is 18.2 Å². The number of aromatic nitrogens is 2. The van der Waals surface area contributed by atoms with Gasteiger partial charge in [-0.3, -0.25) is 4.68 Å². The molecule has 0 spiro atoms. The Morgan fingerprint density at radius 3 is 2.67 bits per heavy atom. The summed E-state index contributed by atoms with van der Waals surface area (Å²) >= 11 is 0. The molecule has 1 fully saturated rings. The molecule has 6 nitrogen and oxygen atoms in total. The van der Waals surface area contributed by atoms with Crippen LogP contribution in [0.1, 0.15) is 44.1 Å². The minimum atomic E-state index is -0.101. The molecular formula is C18H32N4O2. The monoisotopic (exact) mass is 336 g/mol. The van der Waals surface area contributed by atoms with Crippen molar-refractivity contribution in [1.82, 2.24) is 20.4 Å². The second-order valence-corrected chi connectivity index (χ2v) is 7.36. The van der Waals surface area contributed by atoms with Gasteiger partial charge in [0.15, 0.2) is 0 Å². The van der Waals surface area contributed by atoms with Gasteiger partial charge in [0.25, 0.3) is 0 Å². The third-order valence-corrected chi connectivity index (χ3v) is 4.99. The molecule has 1 aromatic heterocycles. The number of carbonyl (C=O) groups excluding carboxylic acids is 1. The number of nitrogens with one attached hydrogen (secondary N) is 2. The largest absolute Gasteiger partial charge is 0.378 e. The van der Waals surface area contributed by atoms with Gasteiger partial charge in [-0.15, -0.1) is 0 Å². The van der Waals surface area contributed by atoms with E-state index in [0.29, 0.717) is 18.4 Å². The quantitative estimate of drug-likeness (QED) is 0.838. The second kappa shape index (κ2) is 8.01. The van der Waals surface area contributed by atoms with Gasteiger partial charge in [-0.05, 0) is 45.1 Å². The highest BCUT2D eigenvalue weighted by Gasteiger charge is 2.30. The van der Waals surface area contributed by atoms with Crippen molar-refractivity contribution in [2.45, 2.75) is 59.6 Å². The maximum absolute atomic E-state index is 12.2. The molecule has 1 aliphatic heterocycles. The summed E-state index contributed by atoms with van der Waals surface area (Å²) in [4.78, 5) is 12.2. The van der Waals surface area contributed by atoms with E-state index in [2.05, 4.69) is 36.5 Å². The molecule has 1 aliphatic rings. The van der Waals surface area contributed by atoms with Gasteiger partial charge in [0.1, 0.15) is 0 Å². The average Bonchev–Trinajstić information content (AvgIpc) is 3.06. The maximum atomic E-state index is 12.2. The summed E-state index contributed by atoms with van der Waals surface area (Å²) in [7, 11) is 1.95. The first-order valence-corrected chi connectivity index (χ1v) is 8.94. The highest BCUT2D eigenvalue weighted by atomic mass is 16.5. The Labute approximate surface area is 145 Å². The van der Waals surface area contributed by atoms with Gasteiger partial charge in [-0.25, -0.2) is 4.79 Å². The van der Waals surface area contributed by atoms with E-state index in [1.54, 1.807) is 0 Å². The fourth-order valence-corrected chi connectivity index (χ4v) is 3.58. The van der Waals surface area contributed by atoms with Crippen molar-refractivity contribution < 1.29 is 9.53 Å². The molecule has 2 rings (SSSR count). The van der Waals surface area contributed by atoms with E-state index in [1.165, 1.54) is 5.56 Å². The Hall–Kier alpha value is -1.56. The van der Waals surface area contributed by atoms with Crippen LogP contribution in [0.25, 0.3) is 0 Å². The molecule has 1 saturated heterocycles. The number of urea groups is 1. The molecule has 6 heteroatoms. The number of rotatable bonds is 6. The fourth-order valence-electron chi connectivity index (χ4n) is 3.58. The van der Waals surface area contributed by atoms with Crippen molar-refractivity contribution in [3.63, 3.8) is 0 Å². The van der Waals surface area contributed by atoms with Crippen LogP contribution in [0.2, 0.25) is 0 Å². The van der Waals surface area contributed by atoms with E-state index in [0.717, 1.165) is 30.8 Å². The van der Waals surface area contributed by atoms with Crippen LogP contribution in [0.3, 0.4) is 0 Å². The summed E-state index contributed by atoms with van der Waals surface area (Å²) in [5.41, 5.74) is 3.41. The van der Waals surface area contributed by atoms with Crippen molar-refractivity contribution >= 4 is 6.03 Å². The maximum Gasteiger partial charge on any atom is 0.315 e. The van der Waals surface area contributed by atoms with Crippen LogP contribution in [0.5, 0.6) is 0 Å². The third kappa shape index (κ3) is 4.50. The fraction of sp³-hybridized carbons (Fsp3) is 0.778. The first-order valence-electron chi connectivity index (χ1n) is 8.94. The van der Waals surface area contributed by atoms with Crippen LogP contribution >= 0.6 is 0 Å². The molecule has 136 valence electrons. The Morgan fingerprint density at radius 1 is 1.38 bits per heavy atom. The molecule has 0 aromatic carbocycles. The number of amides is 2. The van der Waals surface area contributed by atoms with Crippen LogP contribution in [0, 0.1) is 25.7 Å². The van der Waals surface area contributed by atoms with E-state index >= 15 is 0 Å². The molecular weight excluding hydrogens is 304 g/mol. The van der Waals surface area contributed by atoms with Gasteiger partial charge >= 0.3 is 6.03 Å². The minimum absolute atomic E-state index is 0.0623. The van der Waals surface area contributed by atoms with Crippen molar-refractivity contribution in [3.8, 4) is 0 Å². The summed E-state index contributed by atoms with van der Waals surface area (Å²) < 4.78 is 7.66. The first kappa shape index (κ1) is 18.8. The number of nitrogens with zero attached hydrogens (tertiary/aromatic N) is 2. The normalized spacial score (nSPS) is 22.0. The smallest absolute Gasteiger partial charge is 0.315 e. The molecule has 0 unspecified atom stereocenters. The predicted molar refractivity (Wildman–Crippen MR) is 95.1 cm³/mol. The number of hydrogen-bond donors (Lipinski definition) is 2. The van der Waals surface area contributed by atoms with Gasteiger partial charge in [-0.1, -0.05) is 13.8 Å². The molecule has 2 N–H and O–H groups in total. The number of hydrogen-bond acceptors (Lipinski definition) is 3. The molecule has 0 radical (unpaired) electrons. The van der Waals surface area contributed by atoms with Crippen molar-refractivity contribution in [3.05, 3.63) is 17.0 Å². The van der Waals surface area contributed by atoms with Gasteiger partial charge < -0.3 is 15.4 Å². The zero-order chi connectivity index (χ0) is 17.9. The zero-order valence-corrected chi connectivity index (χ0v) is 15.8. The lowest BCUT2D eigenvalue weighted by atomic mass is 9.93. The van der Waals surface area contributed by atoms with E-state index in [1.807, 2.05) is 25.6 Å². The van der Waals surface area contributed by atoms with Crippen LogP contribution < -0.4 is 10.6 Å². The first-order chi connectivity index (χ1) is 11.3. The molecule has 1 aromatic rings. The average molecular weight is 336 g/mol. The molecule has 0 aliphatic carbocycles. The van der Waals surface area contributed by atoms with E-state index < -0.39 is 0 Å². The topological polar surface area (TPSA) is 68.2 Å². The lowest BCUT2D eigenvalue weighted by Gasteiger charge is -2.23. The van der Waals surface area contributed by atoms with Gasteiger partial charge in [0.2, 0.25) is 0 Å². The molecule has 0 bridgehead atoms. The van der Waals surface area contributed by atoms with Crippen molar-refractivity contribution in [1.29, 1.82) is 0 Å². The lowest BCUT2D eigenvalue weighted by Crippen LogP contribution is -2.44. The highest BCUT2D eigenvalue weighted by molar-refractivity contribution is 5.74. The van der Waals surface area contributed by atoms with Crippen LogP contribution in [0.4, 0.5) is 4.79 Å². The Kier molecular flexibility index (Phi) is 6.27.